The van der Waals surface area contributed by atoms with Crippen LogP contribution in [0.2, 0.25) is 0 Å². The summed E-state index contributed by atoms with van der Waals surface area (Å²) in [6.45, 7) is 2.24. The summed E-state index contributed by atoms with van der Waals surface area (Å²) >= 11 is 0. The standard InChI is InChI=1S/C27H33O3P/c1-2-3-4-5-6-7-14-19-25-26(30-31(28)29)21-20-24(22-15-10-8-11-16-22)27(25)23-17-12-9-13-18-23/h8-13,15-18,20-21,28-29H,2-7,14,19H2,1H3. The molecule has 4 heteroatoms. The quantitative estimate of drug-likeness (QED) is 0.224. The van der Waals surface area contributed by atoms with E-state index < -0.39 is 8.60 Å². The van der Waals surface area contributed by atoms with Crippen LogP contribution in [0.4, 0.5) is 0 Å². The Morgan fingerprint density at radius 2 is 1.26 bits per heavy atom. The van der Waals surface area contributed by atoms with Crippen molar-refractivity contribution in [3.63, 3.8) is 0 Å². The highest BCUT2D eigenvalue weighted by molar-refractivity contribution is 7.39. The summed E-state index contributed by atoms with van der Waals surface area (Å²) < 4.78 is 5.48. The number of rotatable bonds is 12. The molecule has 0 saturated carbocycles. The first-order valence-electron chi connectivity index (χ1n) is 11.3. The summed E-state index contributed by atoms with van der Waals surface area (Å²) in [5.74, 6) is 0.570. The Balaban J connectivity index is 1.96. The molecule has 0 radical (unpaired) electrons. The van der Waals surface area contributed by atoms with Gasteiger partial charge in [-0.3, -0.25) is 0 Å². The van der Waals surface area contributed by atoms with Gasteiger partial charge < -0.3 is 14.3 Å². The summed E-state index contributed by atoms with van der Waals surface area (Å²) in [5, 5.41) is 0. The fourth-order valence-electron chi connectivity index (χ4n) is 4.10. The van der Waals surface area contributed by atoms with Crippen LogP contribution in [0.1, 0.15) is 57.4 Å². The zero-order valence-corrected chi connectivity index (χ0v) is 19.2. The van der Waals surface area contributed by atoms with Crippen molar-refractivity contribution in [3.8, 4) is 28.0 Å². The molecule has 3 rings (SSSR count). The third-order valence-corrected chi connectivity index (χ3v) is 5.99. The molecule has 0 aromatic heterocycles. The lowest BCUT2D eigenvalue weighted by Gasteiger charge is -2.20. The van der Waals surface area contributed by atoms with Gasteiger partial charge in [0.05, 0.1) is 0 Å². The molecule has 0 heterocycles. The first-order valence-corrected chi connectivity index (χ1v) is 12.5. The third kappa shape index (κ3) is 6.90. The molecule has 0 atom stereocenters. The van der Waals surface area contributed by atoms with Crippen LogP contribution >= 0.6 is 8.60 Å². The molecule has 0 unspecified atom stereocenters. The Labute approximate surface area is 187 Å². The van der Waals surface area contributed by atoms with Crippen molar-refractivity contribution in [1.29, 1.82) is 0 Å². The maximum absolute atomic E-state index is 9.57. The average molecular weight is 437 g/mol. The molecule has 0 amide bonds. The minimum atomic E-state index is -2.47. The lowest BCUT2D eigenvalue weighted by molar-refractivity contribution is 0.373. The van der Waals surface area contributed by atoms with Gasteiger partial charge in [-0.25, -0.2) is 0 Å². The molecule has 0 bridgehead atoms. The Bertz CT molecular complexity index is 911. The molecule has 0 spiro atoms. The Morgan fingerprint density at radius 3 is 1.87 bits per heavy atom. The molecule has 3 aromatic rings. The highest BCUT2D eigenvalue weighted by atomic mass is 31.2. The van der Waals surface area contributed by atoms with E-state index in [9.17, 15) is 9.79 Å². The summed E-state index contributed by atoms with van der Waals surface area (Å²) in [6, 6.07) is 24.6. The van der Waals surface area contributed by atoms with Crippen LogP contribution in [-0.2, 0) is 6.42 Å². The predicted octanol–water partition coefficient (Wildman–Crippen LogP) is 7.90. The average Bonchev–Trinajstić information content (AvgIpc) is 2.80. The number of hydrogen-bond donors (Lipinski definition) is 2. The molecule has 0 aliphatic rings. The van der Waals surface area contributed by atoms with Crippen LogP contribution in [0.5, 0.6) is 5.75 Å². The summed E-state index contributed by atoms with van der Waals surface area (Å²) in [7, 11) is -2.47. The van der Waals surface area contributed by atoms with E-state index in [2.05, 4.69) is 31.2 Å². The van der Waals surface area contributed by atoms with Gasteiger partial charge in [0, 0.05) is 5.56 Å². The molecular weight excluding hydrogens is 403 g/mol. The van der Waals surface area contributed by atoms with Gasteiger partial charge in [0.1, 0.15) is 5.75 Å². The fourth-order valence-corrected chi connectivity index (χ4v) is 4.45. The minimum absolute atomic E-state index is 0.570. The molecule has 0 aliphatic heterocycles. The van der Waals surface area contributed by atoms with E-state index in [-0.39, 0.29) is 0 Å². The van der Waals surface area contributed by atoms with Gasteiger partial charge in [0.25, 0.3) is 0 Å². The van der Waals surface area contributed by atoms with Crippen molar-refractivity contribution in [1.82, 2.24) is 0 Å². The van der Waals surface area contributed by atoms with Crippen LogP contribution < -0.4 is 4.52 Å². The van der Waals surface area contributed by atoms with Crippen molar-refractivity contribution < 1.29 is 14.3 Å². The van der Waals surface area contributed by atoms with Crippen molar-refractivity contribution in [2.45, 2.75) is 58.3 Å². The molecule has 3 aromatic carbocycles. The van der Waals surface area contributed by atoms with Crippen LogP contribution in [0.15, 0.2) is 72.8 Å². The zero-order valence-electron chi connectivity index (χ0n) is 18.3. The molecule has 0 aliphatic carbocycles. The first-order chi connectivity index (χ1) is 15.2. The van der Waals surface area contributed by atoms with Crippen LogP contribution in [0, 0.1) is 0 Å². The van der Waals surface area contributed by atoms with Crippen molar-refractivity contribution >= 4 is 8.60 Å². The normalized spacial score (nSPS) is 11.1. The van der Waals surface area contributed by atoms with Gasteiger partial charge in [-0.1, -0.05) is 112 Å². The molecule has 0 fully saturated rings. The Hall–Kier alpha value is -2.19. The second-order valence-electron chi connectivity index (χ2n) is 7.91. The second kappa shape index (κ2) is 12.6. The van der Waals surface area contributed by atoms with Gasteiger partial charge in [-0.15, -0.1) is 0 Å². The van der Waals surface area contributed by atoms with Crippen molar-refractivity contribution in [3.05, 3.63) is 78.4 Å². The van der Waals surface area contributed by atoms with Crippen LogP contribution in [-0.4, -0.2) is 9.79 Å². The number of hydrogen-bond acceptors (Lipinski definition) is 3. The van der Waals surface area contributed by atoms with E-state index in [1.54, 1.807) is 0 Å². The van der Waals surface area contributed by atoms with Crippen molar-refractivity contribution in [2.75, 3.05) is 0 Å². The van der Waals surface area contributed by atoms with E-state index in [0.29, 0.717) is 5.75 Å². The topological polar surface area (TPSA) is 49.7 Å². The summed E-state index contributed by atoms with van der Waals surface area (Å²) in [6.07, 6.45) is 9.47. The smallest absolute Gasteiger partial charge is 0.391 e. The van der Waals surface area contributed by atoms with Gasteiger partial charge >= 0.3 is 8.60 Å². The molecule has 2 N–H and O–H groups in total. The molecule has 0 saturated heterocycles. The maximum Gasteiger partial charge on any atom is 0.391 e. The Kier molecular flexibility index (Phi) is 9.55. The summed E-state index contributed by atoms with van der Waals surface area (Å²) in [5.41, 5.74) is 5.56. The van der Waals surface area contributed by atoms with E-state index in [1.807, 2.05) is 48.5 Å². The molecule has 31 heavy (non-hydrogen) atoms. The lowest BCUT2D eigenvalue weighted by Crippen LogP contribution is -1.99. The van der Waals surface area contributed by atoms with Crippen LogP contribution in [0.3, 0.4) is 0 Å². The SMILES string of the molecule is CCCCCCCCCc1c(OP(O)O)ccc(-c2ccccc2)c1-c1ccccc1. The zero-order chi connectivity index (χ0) is 21.9. The van der Waals surface area contributed by atoms with Crippen LogP contribution in [0.25, 0.3) is 22.3 Å². The van der Waals surface area contributed by atoms with Gasteiger partial charge in [-0.2, -0.15) is 0 Å². The minimum Gasteiger partial charge on any atom is -0.427 e. The monoisotopic (exact) mass is 436 g/mol. The van der Waals surface area contributed by atoms with E-state index in [0.717, 1.165) is 40.7 Å². The summed E-state index contributed by atoms with van der Waals surface area (Å²) in [4.78, 5) is 19.1. The van der Waals surface area contributed by atoms with E-state index >= 15 is 0 Å². The maximum atomic E-state index is 9.57. The molecular formula is C27H33O3P. The Morgan fingerprint density at radius 1 is 0.677 bits per heavy atom. The second-order valence-corrected chi connectivity index (χ2v) is 8.60. The van der Waals surface area contributed by atoms with Gasteiger partial charge in [0.2, 0.25) is 0 Å². The molecule has 3 nitrogen and oxygen atoms in total. The van der Waals surface area contributed by atoms with Gasteiger partial charge in [-0.05, 0) is 41.2 Å². The first kappa shape index (κ1) is 23.5. The highest BCUT2D eigenvalue weighted by Crippen LogP contribution is 2.43. The molecule has 164 valence electrons. The number of unbranched alkanes of at least 4 members (excludes halogenated alkanes) is 6. The third-order valence-electron chi connectivity index (χ3n) is 5.63. The fraction of sp³-hybridized carbons (Fsp3) is 0.333. The van der Waals surface area contributed by atoms with E-state index in [1.165, 1.54) is 38.5 Å². The lowest BCUT2D eigenvalue weighted by atomic mass is 9.88. The number of benzene rings is 3. The van der Waals surface area contributed by atoms with Gasteiger partial charge in [0.15, 0.2) is 0 Å². The highest BCUT2D eigenvalue weighted by Gasteiger charge is 2.19. The largest absolute Gasteiger partial charge is 0.427 e. The van der Waals surface area contributed by atoms with Crippen molar-refractivity contribution in [2.24, 2.45) is 0 Å². The predicted molar refractivity (Wildman–Crippen MR) is 131 cm³/mol. The van der Waals surface area contributed by atoms with E-state index in [4.69, 9.17) is 4.52 Å².